The molecule has 1 heterocycles. The molecule has 0 aliphatic heterocycles. The zero-order valence-corrected chi connectivity index (χ0v) is 12.8. The number of likely N-dealkylation sites (N-methyl/N-ethyl adjacent to an activating group) is 1. The van der Waals surface area contributed by atoms with Crippen molar-refractivity contribution in [1.82, 2.24) is 10.3 Å². The van der Waals surface area contributed by atoms with Gasteiger partial charge < -0.3 is 5.32 Å². The number of thiazole rings is 1. The molecule has 2 nitrogen and oxygen atoms in total. The molecule has 0 radical (unpaired) electrons. The molecule has 1 aliphatic carbocycles. The van der Waals surface area contributed by atoms with Crippen molar-refractivity contribution in [2.45, 2.75) is 38.6 Å². The second kappa shape index (κ2) is 6.51. The van der Waals surface area contributed by atoms with Crippen molar-refractivity contribution in [2.24, 2.45) is 5.92 Å². The van der Waals surface area contributed by atoms with Gasteiger partial charge in [0.1, 0.15) is 0 Å². The van der Waals surface area contributed by atoms with Crippen LogP contribution in [0.3, 0.4) is 0 Å². The topological polar surface area (TPSA) is 24.9 Å². The minimum absolute atomic E-state index is 0.372. The Labute approximate surface area is 125 Å². The van der Waals surface area contributed by atoms with Gasteiger partial charge in [-0.1, -0.05) is 37.3 Å². The normalized spacial score (nSPS) is 16.2. The van der Waals surface area contributed by atoms with Gasteiger partial charge in [0.15, 0.2) is 0 Å². The Morgan fingerprint density at radius 2 is 2.10 bits per heavy atom. The molecule has 106 valence electrons. The van der Waals surface area contributed by atoms with Gasteiger partial charge >= 0.3 is 0 Å². The molecule has 1 aliphatic rings. The molecular formula is C17H22N2S. The largest absolute Gasteiger partial charge is 0.310 e. The first kappa shape index (κ1) is 13.8. The van der Waals surface area contributed by atoms with Crippen LogP contribution < -0.4 is 5.32 Å². The van der Waals surface area contributed by atoms with E-state index in [4.69, 9.17) is 4.98 Å². The molecule has 1 atom stereocenters. The minimum atomic E-state index is 0.372. The van der Waals surface area contributed by atoms with Crippen LogP contribution in [-0.2, 0) is 12.8 Å². The van der Waals surface area contributed by atoms with Crippen LogP contribution in [0.4, 0.5) is 0 Å². The van der Waals surface area contributed by atoms with E-state index in [1.165, 1.54) is 35.5 Å². The molecular weight excluding hydrogens is 264 g/mol. The number of hydrogen-bond donors (Lipinski definition) is 1. The summed E-state index contributed by atoms with van der Waals surface area (Å²) in [5.41, 5.74) is 2.59. The molecule has 0 bridgehead atoms. The summed E-state index contributed by atoms with van der Waals surface area (Å²) < 4.78 is 0. The molecule has 1 aromatic carbocycles. The number of nitrogens with zero attached hydrogens (tertiary/aromatic N) is 1. The van der Waals surface area contributed by atoms with Gasteiger partial charge in [0.05, 0.1) is 10.7 Å². The van der Waals surface area contributed by atoms with Gasteiger partial charge in [0.25, 0.3) is 0 Å². The molecule has 1 aromatic heterocycles. The van der Waals surface area contributed by atoms with Gasteiger partial charge in [-0.3, -0.25) is 0 Å². The van der Waals surface area contributed by atoms with Gasteiger partial charge in [0.2, 0.25) is 0 Å². The van der Waals surface area contributed by atoms with Crippen molar-refractivity contribution >= 4 is 11.3 Å². The Morgan fingerprint density at radius 1 is 1.30 bits per heavy atom. The first-order valence-corrected chi connectivity index (χ1v) is 8.44. The van der Waals surface area contributed by atoms with Crippen LogP contribution >= 0.6 is 11.3 Å². The van der Waals surface area contributed by atoms with Crippen molar-refractivity contribution in [2.75, 3.05) is 6.54 Å². The predicted molar refractivity (Wildman–Crippen MR) is 85.1 cm³/mol. The fourth-order valence-electron chi connectivity index (χ4n) is 2.55. The predicted octanol–water partition coefficient (Wildman–Crippen LogP) is 3.99. The lowest BCUT2D eigenvalue weighted by Gasteiger charge is -2.17. The van der Waals surface area contributed by atoms with E-state index in [2.05, 4.69) is 48.0 Å². The Kier molecular flexibility index (Phi) is 4.48. The van der Waals surface area contributed by atoms with E-state index in [-0.39, 0.29) is 0 Å². The van der Waals surface area contributed by atoms with Crippen LogP contribution in [0.2, 0.25) is 0 Å². The molecule has 2 aromatic rings. The molecule has 1 N–H and O–H groups in total. The number of hydrogen-bond acceptors (Lipinski definition) is 3. The Bertz CT molecular complexity index is 531. The van der Waals surface area contributed by atoms with E-state index in [9.17, 15) is 0 Å². The molecule has 20 heavy (non-hydrogen) atoms. The zero-order chi connectivity index (χ0) is 13.8. The average Bonchev–Trinajstić information content (AvgIpc) is 3.18. The summed E-state index contributed by atoms with van der Waals surface area (Å²) in [6, 6.07) is 11.1. The first-order valence-electron chi connectivity index (χ1n) is 7.56. The molecule has 1 fully saturated rings. The number of nitrogens with one attached hydrogen (secondary N) is 1. The third-order valence-corrected chi connectivity index (χ3v) is 4.75. The summed E-state index contributed by atoms with van der Waals surface area (Å²) in [6.07, 6.45) is 4.98. The maximum atomic E-state index is 4.82. The third-order valence-electron chi connectivity index (χ3n) is 3.83. The molecule has 0 spiro atoms. The third kappa shape index (κ3) is 3.68. The highest BCUT2D eigenvalue weighted by Crippen LogP contribution is 2.33. The van der Waals surface area contributed by atoms with Gasteiger partial charge in [-0.2, -0.15) is 0 Å². The second-order valence-electron chi connectivity index (χ2n) is 5.61. The molecule has 3 rings (SSSR count). The highest BCUT2D eigenvalue weighted by Gasteiger charge is 2.23. The summed E-state index contributed by atoms with van der Waals surface area (Å²) in [5, 5.41) is 7.14. The fourth-order valence-corrected chi connectivity index (χ4v) is 3.48. The highest BCUT2D eigenvalue weighted by atomic mass is 32.1. The van der Waals surface area contributed by atoms with E-state index in [1.54, 1.807) is 0 Å². The number of aromatic nitrogens is 1. The molecule has 1 saturated carbocycles. The Balaban J connectivity index is 1.67. The van der Waals surface area contributed by atoms with Crippen LogP contribution in [0.5, 0.6) is 0 Å². The van der Waals surface area contributed by atoms with Gasteiger partial charge in [-0.05, 0) is 30.9 Å². The Hall–Kier alpha value is -1.19. The van der Waals surface area contributed by atoms with Gasteiger partial charge in [-0.15, -0.1) is 11.3 Å². The monoisotopic (exact) mass is 286 g/mol. The van der Waals surface area contributed by atoms with Gasteiger partial charge in [0, 0.05) is 24.3 Å². The first-order chi connectivity index (χ1) is 9.85. The maximum absolute atomic E-state index is 4.82. The summed E-state index contributed by atoms with van der Waals surface area (Å²) in [5.74, 6) is 0.924. The van der Waals surface area contributed by atoms with Crippen molar-refractivity contribution < 1.29 is 0 Å². The lowest BCUT2D eigenvalue weighted by molar-refractivity contribution is 0.544. The molecule has 0 saturated heterocycles. The fraction of sp³-hybridized carbons (Fsp3) is 0.471. The lowest BCUT2D eigenvalue weighted by atomic mass is 10.0. The van der Waals surface area contributed by atoms with Crippen molar-refractivity contribution in [3.05, 3.63) is 52.0 Å². The van der Waals surface area contributed by atoms with E-state index in [0.29, 0.717) is 6.04 Å². The van der Waals surface area contributed by atoms with Crippen LogP contribution in [0.25, 0.3) is 0 Å². The maximum Gasteiger partial charge on any atom is 0.0931 e. The van der Waals surface area contributed by atoms with Gasteiger partial charge in [-0.25, -0.2) is 4.98 Å². The molecule has 3 heteroatoms. The van der Waals surface area contributed by atoms with Crippen molar-refractivity contribution in [3.63, 3.8) is 0 Å². The van der Waals surface area contributed by atoms with Crippen LogP contribution in [0, 0.1) is 5.92 Å². The van der Waals surface area contributed by atoms with Crippen LogP contribution in [0.1, 0.15) is 42.1 Å². The average molecular weight is 286 g/mol. The zero-order valence-electron chi connectivity index (χ0n) is 12.0. The standard InChI is InChI=1S/C17H22N2S/c1-2-18-16(14-6-4-3-5-7-14)11-15-12-20-17(19-15)10-13-8-9-13/h3-7,12-13,16,18H,2,8-11H2,1H3. The summed E-state index contributed by atoms with van der Waals surface area (Å²) in [7, 11) is 0. The van der Waals surface area contributed by atoms with Crippen LogP contribution in [0.15, 0.2) is 35.7 Å². The van der Waals surface area contributed by atoms with Crippen molar-refractivity contribution in [3.8, 4) is 0 Å². The number of benzene rings is 1. The smallest absolute Gasteiger partial charge is 0.0931 e. The van der Waals surface area contributed by atoms with Crippen LogP contribution in [-0.4, -0.2) is 11.5 Å². The summed E-state index contributed by atoms with van der Waals surface area (Å²) in [4.78, 5) is 4.82. The highest BCUT2D eigenvalue weighted by molar-refractivity contribution is 7.09. The SMILES string of the molecule is CCNC(Cc1csc(CC2CC2)n1)c1ccccc1. The van der Waals surface area contributed by atoms with E-state index >= 15 is 0 Å². The summed E-state index contributed by atoms with van der Waals surface area (Å²) >= 11 is 1.83. The van der Waals surface area contributed by atoms with E-state index in [0.717, 1.165) is 18.9 Å². The van der Waals surface area contributed by atoms with E-state index < -0.39 is 0 Å². The quantitative estimate of drug-likeness (QED) is 0.832. The lowest BCUT2D eigenvalue weighted by Crippen LogP contribution is -2.23. The second-order valence-corrected chi connectivity index (χ2v) is 6.55. The number of rotatable bonds is 7. The molecule has 0 amide bonds. The summed E-state index contributed by atoms with van der Waals surface area (Å²) in [6.45, 7) is 3.15. The van der Waals surface area contributed by atoms with E-state index in [1.807, 2.05) is 11.3 Å². The molecule has 1 unspecified atom stereocenters. The van der Waals surface area contributed by atoms with Crippen molar-refractivity contribution in [1.29, 1.82) is 0 Å². The minimum Gasteiger partial charge on any atom is -0.310 e. The Morgan fingerprint density at radius 3 is 2.80 bits per heavy atom.